The highest BCUT2D eigenvalue weighted by Gasteiger charge is 2.11. The summed E-state index contributed by atoms with van der Waals surface area (Å²) in [5.41, 5.74) is 4.52. The van der Waals surface area contributed by atoms with Gasteiger partial charge < -0.3 is 9.84 Å². The van der Waals surface area contributed by atoms with Crippen LogP contribution in [0.5, 0.6) is 5.75 Å². The van der Waals surface area contributed by atoms with Crippen LogP contribution in [0.25, 0.3) is 10.9 Å². The number of aliphatic carboxylic acids is 1. The summed E-state index contributed by atoms with van der Waals surface area (Å²) in [7, 11) is 0. The highest BCUT2D eigenvalue weighted by atomic mass is 16.5. The van der Waals surface area contributed by atoms with E-state index in [9.17, 15) is 4.79 Å². The van der Waals surface area contributed by atoms with E-state index in [0.717, 1.165) is 35.2 Å². The molecule has 0 fully saturated rings. The van der Waals surface area contributed by atoms with Gasteiger partial charge in [-0.25, -0.2) is 0 Å². The van der Waals surface area contributed by atoms with Crippen molar-refractivity contribution in [3.05, 3.63) is 59.3 Å². The minimum absolute atomic E-state index is 0.0138. The molecule has 1 atom stereocenters. The molecular weight excluding hydrogens is 340 g/mol. The predicted molar refractivity (Wildman–Crippen MR) is 106 cm³/mol. The lowest BCUT2D eigenvalue weighted by atomic mass is 9.98. The Morgan fingerprint density at radius 3 is 2.63 bits per heavy atom. The topological polar surface area (TPSA) is 64.4 Å². The van der Waals surface area contributed by atoms with Crippen LogP contribution >= 0.6 is 0 Å². The molecule has 1 unspecified atom stereocenters. The number of hydrogen-bond donors (Lipinski definition) is 1. The molecule has 0 bridgehead atoms. The van der Waals surface area contributed by atoms with Gasteiger partial charge in [0.05, 0.1) is 18.1 Å². The van der Waals surface area contributed by atoms with Gasteiger partial charge >= 0.3 is 5.97 Å². The maximum atomic E-state index is 10.8. The van der Waals surface area contributed by atoms with Crippen LogP contribution in [-0.4, -0.2) is 20.9 Å². The molecule has 1 heterocycles. The number of aromatic nitrogens is 2. The number of fused-ring (bicyclic) bond motifs is 1. The summed E-state index contributed by atoms with van der Waals surface area (Å²) in [6, 6.07) is 11.9. The normalized spacial score (nSPS) is 12.3. The third kappa shape index (κ3) is 4.30. The predicted octanol–water partition coefficient (Wildman–Crippen LogP) is 4.91. The molecule has 0 saturated carbocycles. The van der Waals surface area contributed by atoms with Gasteiger partial charge in [-0.05, 0) is 48.1 Å². The highest BCUT2D eigenvalue weighted by Crippen LogP contribution is 2.25. The molecule has 3 rings (SSSR count). The molecule has 0 radical (unpaired) electrons. The summed E-state index contributed by atoms with van der Waals surface area (Å²) < 4.78 is 8.03. The third-order valence-corrected chi connectivity index (χ3v) is 4.93. The molecule has 0 spiro atoms. The lowest BCUT2D eigenvalue weighted by Crippen LogP contribution is -2.04. The molecule has 0 amide bonds. The first-order chi connectivity index (χ1) is 13.0. The number of benzene rings is 2. The van der Waals surface area contributed by atoms with Crippen LogP contribution in [0.4, 0.5) is 0 Å². The largest absolute Gasteiger partial charge is 0.489 e. The standard InChI is InChI=1S/C22H26N2O3/c1-4-11-24-22-16(3)19(6-5-18(22)13-23-24)14-27-20-9-7-17(8-10-20)15(2)12-21(25)26/h5-10,13,15H,4,11-12,14H2,1-3H3,(H,25,26). The first-order valence-corrected chi connectivity index (χ1v) is 9.38. The minimum atomic E-state index is -0.781. The van der Waals surface area contributed by atoms with Gasteiger partial charge in [0, 0.05) is 11.9 Å². The number of hydrogen-bond acceptors (Lipinski definition) is 3. The van der Waals surface area contributed by atoms with Crippen LogP contribution in [-0.2, 0) is 17.9 Å². The van der Waals surface area contributed by atoms with Crippen molar-refractivity contribution in [3.63, 3.8) is 0 Å². The van der Waals surface area contributed by atoms with E-state index in [-0.39, 0.29) is 12.3 Å². The minimum Gasteiger partial charge on any atom is -0.489 e. The SMILES string of the molecule is CCCn1ncc2ccc(COc3ccc(C(C)CC(=O)O)cc3)c(C)c21. The van der Waals surface area contributed by atoms with Gasteiger partial charge in [-0.2, -0.15) is 5.10 Å². The van der Waals surface area contributed by atoms with Crippen molar-refractivity contribution in [2.45, 2.75) is 52.7 Å². The summed E-state index contributed by atoms with van der Waals surface area (Å²) in [6.07, 6.45) is 3.09. The third-order valence-electron chi connectivity index (χ3n) is 4.93. The van der Waals surface area contributed by atoms with Crippen molar-refractivity contribution in [1.29, 1.82) is 0 Å². The van der Waals surface area contributed by atoms with E-state index in [1.165, 1.54) is 11.1 Å². The molecule has 0 aliphatic heterocycles. The number of rotatable bonds is 8. The van der Waals surface area contributed by atoms with Crippen LogP contribution < -0.4 is 4.74 Å². The molecule has 142 valence electrons. The zero-order valence-corrected chi connectivity index (χ0v) is 16.1. The number of carboxylic acids is 1. The first-order valence-electron chi connectivity index (χ1n) is 9.38. The Kier molecular flexibility index (Phi) is 5.79. The van der Waals surface area contributed by atoms with E-state index in [2.05, 4.69) is 35.8 Å². The van der Waals surface area contributed by atoms with E-state index < -0.39 is 5.97 Å². The Morgan fingerprint density at radius 2 is 1.96 bits per heavy atom. The van der Waals surface area contributed by atoms with E-state index in [0.29, 0.717) is 6.61 Å². The van der Waals surface area contributed by atoms with E-state index in [1.807, 2.05) is 37.4 Å². The average molecular weight is 366 g/mol. The van der Waals surface area contributed by atoms with Crippen molar-refractivity contribution in [1.82, 2.24) is 9.78 Å². The van der Waals surface area contributed by atoms with Crippen molar-refractivity contribution in [2.24, 2.45) is 0 Å². The zero-order chi connectivity index (χ0) is 19.4. The fourth-order valence-corrected chi connectivity index (χ4v) is 3.37. The summed E-state index contributed by atoms with van der Waals surface area (Å²) in [4.78, 5) is 10.8. The monoisotopic (exact) mass is 366 g/mol. The van der Waals surface area contributed by atoms with Crippen molar-refractivity contribution >= 4 is 16.9 Å². The Morgan fingerprint density at radius 1 is 1.22 bits per heavy atom. The molecule has 0 aliphatic rings. The molecule has 1 aromatic heterocycles. The van der Waals surface area contributed by atoms with Crippen molar-refractivity contribution in [3.8, 4) is 5.75 Å². The van der Waals surface area contributed by atoms with Gasteiger partial charge in [-0.3, -0.25) is 9.48 Å². The molecule has 0 saturated heterocycles. The molecule has 1 N–H and O–H groups in total. The van der Waals surface area contributed by atoms with Gasteiger partial charge in [-0.1, -0.05) is 38.1 Å². The second kappa shape index (κ2) is 8.25. The van der Waals surface area contributed by atoms with Gasteiger partial charge in [0.2, 0.25) is 0 Å². The van der Waals surface area contributed by atoms with Crippen LogP contribution in [0.15, 0.2) is 42.6 Å². The number of carboxylic acid groups (broad SMARTS) is 1. The molecule has 0 aliphatic carbocycles. The summed E-state index contributed by atoms with van der Waals surface area (Å²) in [6.45, 7) is 7.58. The number of carbonyl (C=O) groups is 1. The zero-order valence-electron chi connectivity index (χ0n) is 16.1. The average Bonchev–Trinajstić information content (AvgIpc) is 3.05. The van der Waals surface area contributed by atoms with E-state index in [4.69, 9.17) is 9.84 Å². The first kappa shape index (κ1) is 19.0. The van der Waals surface area contributed by atoms with Crippen LogP contribution in [0.3, 0.4) is 0 Å². The Hall–Kier alpha value is -2.82. The molecular formula is C22H26N2O3. The maximum absolute atomic E-state index is 10.8. The van der Waals surface area contributed by atoms with Gasteiger partial charge in [-0.15, -0.1) is 0 Å². The van der Waals surface area contributed by atoms with Crippen LogP contribution in [0, 0.1) is 6.92 Å². The Bertz CT molecular complexity index is 929. The van der Waals surface area contributed by atoms with E-state index >= 15 is 0 Å². The number of aryl methyl sites for hydroxylation is 2. The molecule has 2 aromatic carbocycles. The fourth-order valence-electron chi connectivity index (χ4n) is 3.37. The summed E-state index contributed by atoms with van der Waals surface area (Å²) in [5.74, 6) is -0.0149. The molecule has 3 aromatic rings. The molecule has 5 nitrogen and oxygen atoms in total. The fraction of sp³-hybridized carbons (Fsp3) is 0.364. The second-order valence-electron chi connectivity index (χ2n) is 7.01. The maximum Gasteiger partial charge on any atom is 0.303 e. The second-order valence-corrected chi connectivity index (χ2v) is 7.01. The van der Waals surface area contributed by atoms with Crippen LogP contribution in [0.1, 0.15) is 49.3 Å². The number of ether oxygens (including phenoxy) is 1. The molecule has 27 heavy (non-hydrogen) atoms. The summed E-state index contributed by atoms with van der Waals surface area (Å²) in [5, 5.41) is 14.6. The smallest absolute Gasteiger partial charge is 0.303 e. The van der Waals surface area contributed by atoms with E-state index in [1.54, 1.807) is 0 Å². The van der Waals surface area contributed by atoms with Gasteiger partial charge in [0.25, 0.3) is 0 Å². The quantitative estimate of drug-likeness (QED) is 0.615. The summed E-state index contributed by atoms with van der Waals surface area (Å²) >= 11 is 0. The van der Waals surface area contributed by atoms with Crippen molar-refractivity contribution < 1.29 is 14.6 Å². The molecule has 5 heteroatoms. The lowest BCUT2D eigenvalue weighted by molar-refractivity contribution is -0.137. The van der Waals surface area contributed by atoms with Gasteiger partial charge in [0.1, 0.15) is 12.4 Å². The number of nitrogens with zero attached hydrogens (tertiary/aromatic N) is 2. The van der Waals surface area contributed by atoms with Crippen molar-refractivity contribution in [2.75, 3.05) is 0 Å². The van der Waals surface area contributed by atoms with Crippen LogP contribution in [0.2, 0.25) is 0 Å². The lowest BCUT2D eigenvalue weighted by Gasteiger charge is -2.13. The Labute approximate surface area is 159 Å². The Balaban J connectivity index is 1.72. The van der Waals surface area contributed by atoms with Gasteiger partial charge in [0.15, 0.2) is 0 Å². The highest BCUT2D eigenvalue weighted by molar-refractivity contribution is 5.83.